The first kappa shape index (κ1) is 15.1. The Morgan fingerprint density at radius 2 is 1.59 bits per heavy atom. The lowest BCUT2D eigenvalue weighted by Gasteiger charge is -2.63. The van der Waals surface area contributed by atoms with Crippen LogP contribution in [0.5, 0.6) is 0 Å². The molecule has 0 saturated heterocycles. The highest BCUT2D eigenvalue weighted by Crippen LogP contribution is 2.65. The Kier molecular flexibility index (Phi) is 3.79. The van der Waals surface area contributed by atoms with E-state index >= 15 is 0 Å². The van der Waals surface area contributed by atoms with E-state index in [0.717, 1.165) is 17.8 Å². The van der Waals surface area contributed by atoms with Crippen molar-refractivity contribution in [3.8, 4) is 0 Å². The Balaban J connectivity index is 2.76. The van der Waals surface area contributed by atoms with E-state index in [2.05, 4.69) is 62.3 Å². The van der Waals surface area contributed by atoms with Crippen molar-refractivity contribution in [2.24, 2.45) is 34.0 Å². The fourth-order valence-corrected chi connectivity index (χ4v) is 3.67. The maximum atomic E-state index is 2.52. The van der Waals surface area contributed by atoms with E-state index < -0.39 is 0 Å². The molecule has 0 aromatic carbocycles. The lowest BCUT2D eigenvalue weighted by molar-refractivity contribution is -0.144. The van der Waals surface area contributed by atoms with E-state index in [1.54, 1.807) is 0 Å². The molecule has 1 rings (SSSR count). The number of rotatable bonds is 4. The van der Waals surface area contributed by atoms with Crippen molar-refractivity contribution in [1.82, 2.24) is 0 Å². The molecule has 0 radical (unpaired) electrons. The molecule has 0 aromatic rings. The van der Waals surface area contributed by atoms with Gasteiger partial charge in [0.1, 0.15) is 0 Å². The Bertz CT molecular complexity index is 272. The van der Waals surface area contributed by atoms with Crippen LogP contribution in [0.3, 0.4) is 0 Å². The highest BCUT2D eigenvalue weighted by Gasteiger charge is 2.57. The summed E-state index contributed by atoms with van der Waals surface area (Å²) in [6.45, 7) is 22.0. The van der Waals surface area contributed by atoms with E-state index in [0.29, 0.717) is 16.2 Å². The fourth-order valence-electron chi connectivity index (χ4n) is 3.67. The highest BCUT2D eigenvalue weighted by molar-refractivity contribution is 5.06. The molecule has 0 heterocycles. The van der Waals surface area contributed by atoms with Gasteiger partial charge in [0.2, 0.25) is 0 Å². The fraction of sp³-hybridized carbons (Fsp3) is 1.00. The molecule has 0 heteroatoms. The third kappa shape index (κ3) is 2.29. The summed E-state index contributed by atoms with van der Waals surface area (Å²) in [6, 6.07) is 0. The van der Waals surface area contributed by atoms with Crippen LogP contribution in [-0.2, 0) is 0 Å². The van der Waals surface area contributed by atoms with Gasteiger partial charge in [-0.3, -0.25) is 0 Å². The van der Waals surface area contributed by atoms with Gasteiger partial charge in [-0.2, -0.15) is 0 Å². The molecular weight excluding hydrogens is 204 g/mol. The summed E-state index contributed by atoms with van der Waals surface area (Å²) in [4.78, 5) is 0. The predicted molar refractivity (Wildman–Crippen MR) is 78.1 cm³/mol. The van der Waals surface area contributed by atoms with Crippen LogP contribution >= 0.6 is 0 Å². The summed E-state index contributed by atoms with van der Waals surface area (Å²) in [5, 5.41) is 0. The van der Waals surface area contributed by atoms with Crippen molar-refractivity contribution >= 4 is 0 Å². The number of hydrogen-bond donors (Lipinski definition) is 0. The molecule has 3 atom stereocenters. The molecule has 1 saturated carbocycles. The smallest absolute Gasteiger partial charge is 0.0243 e. The summed E-state index contributed by atoms with van der Waals surface area (Å²) in [6.07, 6.45) is 2.77. The first-order chi connectivity index (χ1) is 7.45. The van der Waals surface area contributed by atoms with Crippen LogP contribution in [0, 0.1) is 34.0 Å². The molecule has 0 aromatic heterocycles. The van der Waals surface area contributed by atoms with Gasteiger partial charge in [-0.15, -0.1) is 0 Å². The van der Waals surface area contributed by atoms with Crippen LogP contribution in [0.25, 0.3) is 0 Å². The van der Waals surface area contributed by atoms with E-state index in [-0.39, 0.29) is 0 Å². The van der Waals surface area contributed by atoms with Crippen molar-refractivity contribution < 1.29 is 0 Å². The average molecular weight is 238 g/mol. The molecule has 102 valence electrons. The van der Waals surface area contributed by atoms with Crippen molar-refractivity contribution in [3.63, 3.8) is 0 Å². The topological polar surface area (TPSA) is 0 Å². The maximum absolute atomic E-state index is 2.52. The molecule has 1 fully saturated rings. The summed E-state index contributed by atoms with van der Waals surface area (Å²) < 4.78 is 0. The van der Waals surface area contributed by atoms with Gasteiger partial charge in [0.25, 0.3) is 0 Å². The van der Waals surface area contributed by atoms with Gasteiger partial charge < -0.3 is 0 Å². The SMILES string of the molecule is CC(C)C(C)(C)CC(C)C1(C)CC(C)C1(C)C. The van der Waals surface area contributed by atoms with Crippen molar-refractivity contribution in [2.45, 2.75) is 75.2 Å². The van der Waals surface area contributed by atoms with Crippen LogP contribution in [0.1, 0.15) is 75.2 Å². The van der Waals surface area contributed by atoms with Gasteiger partial charge in [-0.1, -0.05) is 62.3 Å². The maximum Gasteiger partial charge on any atom is -0.0243 e. The minimum Gasteiger partial charge on any atom is -0.0623 e. The highest BCUT2D eigenvalue weighted by atomic mass is 14.6. The zero-order chi connectivity index (χ0) is 13.6. The van der Waals surface area contributed by atoms with Gasteiger partial charge in [0, 0.05) is 0 Å². The summed E-state index contributed by atoms with van der Waals surface area (Å²) in [5.41, 5.74) is 1.52. The normalized spacial score (nSPS) is 34.6. The minimum absolute atomic E-state index is 0.470. The molecule has 17 heavy (non-hydrogen) atoms. The first-order valence-corrected chi connectivity index (χ1v) is 7.45. The van der Waals surface area contributed by atoms with Crippen LogP contribution in [0.15, 0.2) is 0 Å². The summed E-state index contributed by atoms with van der Waals surface area (Å²) >= 11 is 0. The summed E-state index contributed by atoms with van der Waals surface area (Å²) in [7, 11) is 0. The van der Waals surface area contributed by atoms with Crippen LogP contribution in [-0.4, -0.2) is 0 Å². The van der Waals surface area contributed by atoms with Crippen molar-refractivity contribution in [2.75, 3.05) is 0 Å². The lowest BCUT2D eigenvalue weighted by atomic mass is 9.42. The Hall–Kier alpha value is 0. The second-order valence-corrected chi connectivity index (χ2v) is 8.49. The Labute approximate surface area is 110 Å². The Morgan fingerprint density at radius 1 is 1.12 bits per heavy atom. The molecular formula is C17H34. The van der Waals surface area contributed by atoms with E-state index in [1.807, 2.05) is 0 Å². The third-order valence-electron chi connectivity index (χ3n) is 6.92. The van der Waals surface area contributed by atoms with Crippen molar-refractivity contribution in [1.29, 1.82) is 0 Å². The van der Waals surface area contributed by atoms with E-state index in [4.69, 9.17) is 0 Å². The third-order valence-corrected chi connectivity index (χ3v) is 6.92. The van der Waals surface area contributed by atoms with Gasteiger partial charge in [0.15, 0.2) is 0 Å². The Morgan fingerprint density at radius 3 is 1.88 bits per heavy atom. The molecule has 0 spiro atoms. The molecule has 0 N–H and O–H groups in total. The quantitative estimate of drug-likeness (QED) is 0.583. The second-order valence-electron chi connectivity index (χ2n) is 8.49. The van der Waals surface area contributed by atoms with Crippen LogP contribution in [0.2, 0.25) is 0 Å². The van der Waals surface area contributed by atoms with Crippen molar-refractivity contribution in [3.05, 3.63) is 0 Å². The average Bonchev–Trinajstić information content (AvgIpc) is 2.16. The van der Waals surface area contributed by atoms with Crippen LogP contribution in [0.4, 0.5) is 0 Å². The van der Waals surface area contributed by atoms with E-state index in [9.17, 15) is 0 Å². The van der Waals surface area contributed by atoms with Gasteiger partial charge in [-0.05, 0) is 46.8 Å². The minimum atomic E-state index is 0.470. The second kappa shape index (κ2) is 4.28. The lowest BCUT2D eigenvalue weighted by Crippen LogP contribution is -2.56. The standard InChI is InChI=1S/C17H34/c1-12(2)15(5,6)10-14(4)17(9)11-13(3)16(17,7)8/h12-14H,10-11H2,1-9H3. The number of hydrogen-bond acceptors (Lipinski definition) is 0. The molecule has 1 aliphatic carbocycles. The zero-order valence-corrected chi connectivity index (χ0v) is 13.6. The monoisotopic (exact) mass is 238 g/mol. The molecule has 1 aliphatic rings. The predicted octanol–water partition coefficient (Wildman–Crippen LogP) is 5.77. The molecule has 0 amide bonds. The van der Waals surface area contributed by atoms with E-state index in [1.165, 1.54) is 12.8 Å². The van der Waals surface area contributed by atoms with Crippen LogP contribution < -0.4 is 0 Å². The van der Waals surface area contributed by atoms with Gasteiger partial charge in [-0.25, -0.2) is 0 Å². The van der Waals surface area contributed by atoms with Gasteiger partial charge in [0.05, 0.1) is 0 Å². The molecule has 0 aliphatic heterocycles. The molecule has 0 bridgehead atoms. The largest absolute Gasteiger partial charge is 0.0623 e. The van der Waals surface area contributed by atoms with Gasteiger partial charge >= 0.3 is 0 Å². The molecule has 3 unspecified atom stereocenters. The molecule has 0 nitrogen and oxygen atoms in total. The summed E-state index contributed by atoms with van der Waals surface area (Å²) in [5.74, 6) is 2.48. The first-order valence-electron chi connectivity index (χ1n) is 7.45. The zero-order valence-electron chi connectivity index (χ0n) is 13.6.